The number of carboxylic acids is 1. The first kappa shape index (κ1) is 17.7. The molecule has 0 aliphatic heterocycles. The lowest BCUT2D eigenvalue weighted by Crippen LogP contribution is -2.23. The SMILES string of the molecule is O=C(O)C(O)c1cc([N+](=O)[O-])cc(C(F)(F)F)c1C(F)(F)F. The Morgan fingerprint density at radius 3 is 1.95 bits per heavy atom. The highest BCUT2D eigenvalue weighted by molar-refractivity contribution is 5.75. The van der Waals surface area contributed by atoms with Gasteiger partial charge in [0.1, 0.15) is 0 Å². The molecule has 0 saturated carbocycles. The first-order chi connectivity index (χ1) is 9.76. The van der Waals surface area contributed by atoms with Gasteiger partial charge in [0, 0.05) is 17.7 Å². The van der Waals surface area contributed by atoms with Crippen LogP contribution >= 0.6 is 0 Å². The Hall–Kier alpha value is -2.37. The average Bonchev–Trinajstić information content (AvgIpc) is 2.33. The molecule has 0 saturated heterocycles. The topological polar surface area (TPSA) is 101 Å². The molecule has 0 spiro atoms. The third kappa shape index (κ3) is 3.44. The zero-order chi connectivity index (χ0) is 17.5. The highest BCUT2D eigenvalue weighted by Crippen LogP contribution is 2.45. The predicted octanol–water partition coefficient (Wildman–Crippen LogP) is 2.75. The molecule has 0 amide bonds. The van der Waals surface area contributed by atoms with Gasteiger partial charge in [0.25, 0.3) is 5.69 Å². The van der Waals surface area contributed by atoms with Gasteiger partial charge >= 0.3 is 18.3 Å². The van der Waals surface area contributed by atoms with Crippen molar-refractivity contribution in [1.29, 1.82) is 0 Å². The van der Waals surface area contributed by atoms with Crippen molar-refractivity contribution in [3.8, 4) is 0 Å². The molecule has 1 atom stereocenters. The molecular formula is C10H5F6NO5. The van der Waals surface area contributed by atoms with Crippen LogP contribution in [-0.2, 0) is 17.1 Å². The molecule has 1 aromatic carbocycles. The van der Waals surface area contributed by atoms with Gasteiger partial charge in [-0.25, -0.2) is 4.79 Å². The highest BCUT2D eigenvalue weighted by Gasteiger charge is 2.47. The molecule has 0 bridgehead atoms. The summed E-state index contributed by atoms with van der Waals surface area (Å²) in [5, 5.41) is 28.1. The van der Waals surface area contributed by atoms with E-state index < -0.39 is 51.7 Å². The summed E-state index contributed by atoms with van der Waals surface area (Å²) in [4.78, 5) is 19.6. The van der Waals surface area contributed by atoms with E-state index in [0.717, 1.165) is 0 Å². The number of non-ortho nitro benzene ring substituents is 1. The van der Waals surface area contributed by atoms with Crippen molar-refractivity contribution in [3.63, 3.8) is 0 Å². The molecule has 2 N–H and O–H groups in total. The van der Waals surface area contributed by atoms with Crippen LogP contribution in [0.4, 0.5) is 32.0 Å². The average molecular weight is 333 g/mol. The van der Waals surface area contributed by atoms with Crippen LogP contribution in [0.25, 0.3) is 0 Å². The number of carbonyl (C=O) groups is 1. The fourth-order valence-corrected chi connectivity index (χ4v) is 1.64. The number of nitrogens with zero attached hydrogens (tertiary/aromatic N) is 1. The van der Waals surface area contributed by atoms with E-state index in [1.165, 1.54) is 0 Å². The van der Waals surface area contributed by atoms with Gasteiger partial charge in [-0.1, -0.05) is 0 Å². The van der Waals surface area contributed by atoms with Gasteiger partial charge in [0.05, 0.1) is 16.1 Å². The molecule has 0 radical (unpaired) electrons. The van der Waals surface area contributed by atoms with E-state index in [-0.39, 0.29) is 12.1 Å². The van der Waals surface area contributed by atoms with Crippen LogP contribution in [0.3, 0.4) is 0 Å². The Balaban J connectivity index is 3.90. The van der Waals surface area contributed by atoms with Gasteiger partial charge in [-0.3, -0.25) is 10.1 Å². The molecule has 0 aromatic heterocycles. The number of aliphatic hydroxyl groups excluding tert-OH is 1. The van der Waals surface area contributed by atoms with E-state index in [2.05, 4.69) is 0 Å². The molecule has 1 aromatic rings. The Morgan fingerprint density at radius 2 is 1.64 bits per heavy atom. The number of hydrogen-bond donors (Lipinski definition) is 2. The molecule has 1 rings (SSSR count). The minimum absolute atomic E-state index is 0.0587. The maximum Gasteiger partial charge on any atom is 0.417 e. The van der Waals surface area contributed by atoms with Gasteiger partial charge in [0.2, 0.25) is 0 Å². The number of hydrogen-bond acceptors (Lipinski definition) is 4. The van der Waals surface area contributed by atoms with Gasteiger partial charge in [-0.2, -0.15) is 26.3 Å². The monoisotopic (exact) mass is 333 g/mol. The Labute approximate surface area is 116 Å². The second kappa shape index (κ2) is 5.44. The van der Waals surface area contributed by atoms with Crippen molar-refractivity contribution in [1.82, 2.24) is 0 Å². The third-order valence-electron chi connectivity index (χ3n) is 2.48. The fourth-order valence-electron chi connectivity index (χ4n) is 1.64. The normalized spacial score (nSPS) is 13.8. The van der Waals surface area contributed by atoms with Crippen molar-refractivity contribution in [3.05, 3.63) is 38.9 Å². The number of nitro benzene ring substituents is 1. The summed E-state index contributed by atoms with van der Waals surface area (Å²) in [6.45, 7) is 0. The lowest BCUT2D eigenvalue weighted by atomic mass is 9.95. The Kier molecular flexibility index (Phi) is 4.37. The number of rotatable bonds is 3. The number of benzene rings is 1. The second-order valence-electron chi connectivity index (χ2n) is 3.95. The molecule has 6 nitrogen and oxygen atoms in total. The summed E-state index contributed by atoms with van der Waals surface area (Å²) in [6.07, 6.45) is -14.4. The quantitative estimate of drug-likeness (QED) is 0.503. The van der Waals surface area contributed by atoms with Gasteiger partial charge in [-0.15, -0.1) is 0 Å². The second-order valence-corrected chi connectivity index (χ2v) is 3.95. The van der Waals surface area contributed by atoms with Crippen LogP contribution in [-0.4, -0.2) is 21.1 Å². The molecule has 1 unspecified atom stereocenters. The molecule has 0 fully saturated rings. The third-order valence-corrected chi connectivity index (χ3v) is 2.48. The van der Waals surface area contributed by atoms with E-state index >= 15 is 0 Å². The van der Waals surface area contributed by atoms with Crippen molar-refractivity contribution < 1.29 is 46.3 Å². The number of aliphatic hydroxyl groups is 1. The molecule has 0 aliphatic rings. The molecule has 0 aliphatic carbocycles. The van der Waals surface area contributed by atoms with Crippen LogP contribution in [0.2, 0.25) is 0 Å². The lowest BCUT2D eigenvalue weighted by molar-refractivity contribution is -0.385. The predicted molar refractivity (Wildman–Crippen MR) is 55.7 cm³/mol. The van der Waals surface area contributed by atoms with E-state index in [1.807, 2.05) is 0 Å². The maximum atomic E-state index is 12.8. The minimum atomic E-state index is -5.69. The minimum Gasteiger partial charge on any atom is -0.479 e. The highest BCUT2D eigenvalue weighted by atomic mass is 19.4. The zero-order valence-corrected chi connectivity index (χ0v) is 10.1. The smallest absolute Gasteiger partial charge is 0.417 e. The number of carboxylic acid groups (broad SMARTS) is 1. The molecule has 22 heavy (non-hydrogen) atoms. The van der Waals surface area contributed by atoms with E-state index in [9.17, 15) is 41.3 Å². The number of halogens is 6. The summed E-state index contributed by atoms with van der Waals surface area (Å²) in [5.74, 6) is -2.29. The largest absolute Gasteiger partial charge is 0.479 e. The van der Waals surface area contributed by atoms with Gasteiger partial charge in [-0.05, 0) is 0 Å². The fraction of sp³-hybridized carbons (Fsp3) is 0.300. The Bertz CT molecular complexity index is 623. The number of aliphatic carboxylic acids is 1. The van der Waals surface area contributed by atoms with Crippen molar-refractivity contribution in [2.75, 3.05) is 0 Å². The number of alkyl halides is 6. The van der Waals surface area contributed by atoms with Crippen molar-refractivity contribution in [2.45, 2.75) is 18.5 Å². The summed E-state index contributed by atoms with van der Waals surface area (Å²) >= 11 is 0. The Morgan fingerprint density at radius 1 is 1.14 bits per heavy atom. The van der Waals surface area contributed by atoms with E-state index in [0.29, 0.717) is 0 Å². The van der Waals surface area contributed by atoms with Crippen LogP contribution in [0.5, 0.6) is 0 Å². The van der Waals surface area contributed by atoms with Gasteiger partial charge < -0.3 is 10.2 Å². The molecule has 122 valence electrons. The summed E-state index contributed by atoms with van der Waals surface area (Å²) < 4.78 is 76.6. The van der Waals surface area contributed by atoms with Crippen LogP contribution in [0.15, 0.2) is 12.1 Å². The van der Waals surface area contributed by atoms with Crippen molar-refractivity contribution in [2.24, 2.45) is 0 Å². The number of nitro groups is 1. The summed E-state index contributed by atoms with van der Waals surface area (Å²) in [6, 6.07) is -0.433. The molecule has 0 heterocycles. The van der Waals surface area contributed by atoms with E-state index in [4.69, 9.17) is 10.2 Å². The van der Waals surface area contributed by atoms with Crippen molar-refractivity contribution >= 4 is 11.7 Å². The summed E-state index contributed by atoms with van der Waals surface area (Å²) in [5.41, 5.74) is -8.14. The van der Waals surface area contributed by atoms with Crippen LogP contribution in [0.1, 0.15) is 22.8 Å². The summed E-state index contributed by atoms with van der Waals surface area (Å²) in [7, 11) is 0. The zero-order valence-electron chi connectivity index (χ0n) is 10.1. The molecule has 12 heteroatoms. The first-order valence-electron chi connectivity index (χ1n) is 5.14. The molecular weight excluding hydrogens is 328 g/mol. The first-order valence-corrected chi connectivity index (χ1v) is 5.14. The standard InChI is InChI=1S/C10H5F6NO5/c11-9(12,13)5-2-3(17(21)22)1-4(7(18)8(19)20)6(5)10(14,15)16/h1-2,7,18H,(H,19,20). The van der Waals surface area contributed by atoms with Gasteiger partial charge in [0.15, 0.2) is 6.10 Å². The van der Waals surface area contributed by atoms with Crippen LogP contribution in [0, 0.1) is 10.1 Å². The van der Waals surface area contributed by atoms with Crippen LogP contribution < -0.4 is 0 Å². The lowest BCUT2D eigenvalue weighted by Gasteiger charge is -2.20. The van der Waals surface area contributed by atoms with E-state index in [1.54, 1.807) is 0 Å². The maximum absolute atomic E-state index is 12.8.